The van der Waals surface area contributed by atoms with Gasteiger partial charge in [-0.05, 0) is 43.5 Å². The highest BCUT2D eigenvalue weighted by molar-refractivity contribution is 5.39. The molecule has 0 unspecified atom stereocenters. The smallest absolute Gasteiger partial charge is 0.267 e. The molecule has 0 radical (unpaired) electrons. The number of fused-ring (bicyclic) bond motifs is 1. The van der Waals surface area contributed by atoms with Gasteiger partial charge in [-0.25, -0.2) is 0 Å². The molecule has 16 heavy (non-hydrogen) atoms. The summed E-state index contributed by atoms with van der Waals surface area (Å²) in [7, 11) is 0. The lowest BCUT2D eigenvalue weighted by atomic mass is 10.2. The van der Waals surface area contributed by atoms with E-state index in [4.69, 9.17) is 0 Å². The van der Waals surface area contributed by atoms with Gasteiger partial charge >= 0.3 is 0 Å². The molecular weight excluding hydrogens is 204 g/mol. The van der Waals surface area contributed by atoms with E-state index in [2.05, 4.69) is 5.10 Å². The van der Waals surface area contributed by atoms with E-state index in [1.54, 1.807) is 24.3 Å². The van der Waals surface area contributed by atoms with Crippen molar-refractivity contribution in [1.29, 1.82) is 0 Å². The number of phenols is 1. The highest BCUT2D eigenvalue weighted by Crippen LogP contribution is 2.22. The summed E-state index contributed by atoms with van der Waals surface area (Å²) in [4.78, 5) is 11.6. The van der Waals surface area contributed by atoms with E-state index in [9.17, 15) is 9.90 Å². The molecule has 2 N–H and O–H groups in total. The van der Waals surface area contributed by atoms with Crippen molar-refractivity contribution in [3.63, 3.8) is 0 Å². The van der Waals surface area contributed by atoms with Crippen molar-refractivity contribution >= 4 is 0 Å². The van der Waals surface area contributed by atoms with Gasteiger partial charge in [0.25, 0.3) is 5.56 Å². The molecule has 0 aliphatic heterocycles. The molecule has 1 aromatic carbocycles. The van der Waals surface area contributed by atoms with Crippen molar-refractivity contribution in [3.8, 4) is 11.4 Å². The zero-order chi connectivity index (χ0) is 11.1. The predicted octanol–water partition coefficient (Wildman–Crippen LogP) is 1.36. The summed E-state index contributed by atoms with van der Waals surface area (Å²) in [6.07, 6.45) is 2.86. The molecule has 0 amide bonds. The summed E-state index contributed by atoms with van der Waals surface area (Å²) in [6.45, 7) is 0. The second-order valence-corrected chi connectivity index (χ2v) is 4.07. The SMILES string of the molecule is O=c1[nH]n(-c2ccc(O)cc2)c2c1CCC2. The van der Waals surface area contributed by atoms with Crippen LogP contribution in [0.25, 0.3) is 5.69 Å². The van der Waals surface area contributed by atoms with Crippen LogP contribution >= 0.6 is 0 Å². The number of aromatic hydroxyl groups is 1. The zero-order valence-electron chi connectivity index (χ0n) is 8.73. The Morgan fingerprint density at radius 2 is 1.94 bits per heavy atom. The molecule has 1 aliphatic carbocycles. The number of H-pyrrole nitrogens is 1. The molecule has 4 nitrogen and oxygen atoms in total. The molecule has 0 fully saturated rings. The van der Waals surface area contributed by atoms with Crippen molar-refractivity contribution < 1.29 is 5.11 Å². The summed E-state index contributed by atoms with van der Waals surface area (Å²) in [5.41, 5.74) is 2.89. The third kappa shape index (κ3) is 1.26. The Morgan fingerprint density at radius 1 is 1.19 bits per heavy atom. The van der Waals surface area contributed by atoms with Gasteiger partial charge in [0.15, 0.2) is 0 Å². The van der Waals surface area contributed by atoms with Crippen LogP contribution in [0.1, 0.15) is 17.7 Å². The Hall–Kier alpha value is -1.97. The first kappa shape index (κ1) is 9.27. The van der Waals surface area contributed by atoms with Crippen LogP contribution < -0.4 is 5.56 Å². The van der Waals surface area contributed by atoms with Crippen LogP contribution in [0.3, 0.4) is 0 Å². The van der Waals surface area contributed by atoms with Crippen molar-refractivity contribution in [3.05, 3.63) is 45.9 Å². The monoisotopic (exact) mass is 216 g/mol. The number of nitrogens with one attached hydrogen (secondary N) is 1. The average molecular weight is 216 g/mol. The van der Waals surface area contributed by atoms with Gasteiger partial charge in [0.1, 0.15) is 5.75 Å². The van der Waals surface area contributed by atoms with Crippen molar-refractivity contribution in [2.45, 2.75) is 19.3 Å². The molecule has 1 aliphatic rings. The maximum Gasteiger partial charge on any atom is 0.267 e. The topological polar surface area (TPSA) is 58.0 Å². The van der Waals surface area contributed by atoms with E-state index in [0.29, 0.717) is 0 Å². The van der Waals surface area contributed by atoms with E-state index in [0.717, 1.165) is 36.2 Å². The van der Waals surface area contributed by atoms with Crippen LogP contribution in [0.15, 0.2) is 29.1 Å². The lowest BCUT2D eigenvalue weighted by Gasteiger charge is -2.06. The van der Waals surface area contributed by atoms with Crippen molar-refractivity contribution in [1.82, 2.24) is 9.78 Å². The number of rotatable bonds is 1. The first-order valence-corrected chi connectivity index (χ1v) is 5.38. The minimum atomic E-state index is 0.0144. The first-order valence-electron chi connectivity index (χ1n) is 5.38. The third-order valence-corrected chi connectivity index (χ3v) is 3.05. The van der Waals surface area contributed by atoms with Gasteiger partial charge in [0.05, 0.1) is 5.69 Å². The zero-order valence-corrected chi connectivity index (χ0v) is 8.73. The Kier molecular flexibility index (Phi) is 1.89. The summed E-state index contributed by atoms with van der Waals surface area (Å²) >= 11 is 0. The van der Waals surface area contributed by atoms with Gasteiger partial charge in [-0.2, -0.15) is 0 Å². The molecule has 2 aromatic rings. The van der Waals surface area contributed by atoms with Gasteiger partial charge in [-0.1, -0.05) is 0 Å². The normalized spacial score (nSPS) is 14.0. The second kappa shape index (κ2) is 3.27. The van der Waals surface area contributed by atoms with Crippen LogP contribution in [-0.4, -0.2) is 14.9 Å². The first-order chi connectivity index (χ1) is 7.75. The maximum absolute atomic E-state index is 11.6. The fourth-order valence-electron chi connectivity index (χ4n) is 2.28. The number of benzene rings is 1. The van der Waals surface area contributed by atoms with E-state index in [1.807, 2.05) is 4.68 Å². The molecule has 0 atom stereocenters. The van der Waals surface area contributed by atoms with Crippen LogP contribution in [0.2, 0.25) is 0 Å². The molecule has 4 heteroatoms. The summed E-state index contributed by atoms with van der Waals surface area (Å²) in [5, 5.41) is 12.1. The second-order valence-electron chi connectivity index (χ2n) is 4.07. The minimum absolute atomic E-state index is 0.0144. The highest BCUT2D eigenvalue weighted by Gasteiger charge is 2.20. The Bertz CT molecular complexity index is 578. The van der Waals surface area contributed by atoms with Crippen molar-refractivity contribution in [2.24, 2.45) is 0 Å². The number of nitrogens with zero attached hydrogens (tertiary/aromatic N) is 1. The van der Waals surface area contributed by atoms with Crippen molar-refractivity contribution in [2.75, 3.05) is 0 Å². The molecular formula is C12H12N2O2. The summed E-state index contributed by atoms with van der Waals surface area (Å²) < 4.78 is 1.82. The molecule has 0 saturated carbocycles. The molecule has 3 rings (SSSR count). The van der Waals surface area contributed by atoms with E-state index in [-0.39, 0.29) is 11.3 Å². The van der Waals surface area contributed by atoms with Gasteiger partial charge in [-0.15, -0.1) is 0 Å². The largest absolute Gasteiger partial charge is 0.508 e. The molecule has 0 bridgehead atoms. The Labute approximate surface area is 92.1 Å². The van der Waals surface area contributed by atoms with Gasteiger partial charge in [0, 0.05) is 11.3 Å². The molecule has 1 heterocycles. The number of phenolic OH excluding ortho intramolecular Hbond substituents is 1. The molecule has 0 saturated heterocycles. The van der Waals surface area contributed by atoms with Crippen LogP contribution in [0.5, 0.6) is 5.75 Å². The fourth-order valence-corrected chi connectivity index (χ4v) is 2.28. The molecule has 82 valence electrons. The van der Waals surface area contributed by atoms with Gasteiger partial charge in [-0.3, -0.25) is 14.6 Å². The maximum atomic E-state index is 11.6. The van der Waals surface area contributed by atoms with E-state index < -0.39 is 0 Å². The summed E-state index contributed by atoms with van der Waals surface area (Å²) in [5.74, 6) is 0.231. The standard InChI is InChI=1S/C12H12N2O2/c15-9-6-4-8(5-7-9)14-11-3-1-2-10(11)12(16)13-14/h4-7,15H,1-3H2,(H,13,16). The van der Waals surface area contributed by atoms with E-state index in [1.165, 1.54) is 0 Å². The van der Waals surface area contributed by atoms with Gasteiger partial charge in [0.2, 0.25) is 0 Å². The molecule has 0 spiro atoms. The number of aromatic amines is 1. The minimum Gasteiger partial charge on any atom is -0.508 e. The van der Waals surface area contributed by atoms with Crippen LogP contribution in [-0.2, 0) is 12.8 Å². The Morgan fingerprint density at radius 3 is 2.69 bits per heavy atom. The number of aromatic nitrogens is 2. The fraction of sp³-hybridized carbons (Fsp3) is 0.250. The highest BCUT2D eigenvalue weighted by atomic mass is 16.3. The summed E-state index contributed by atoms with van der Waals surface area (Å²) in [6, 6.07) is 6.83. The predicted molar refractivity (Wildman–Crippen MR) is 60.1 cm³/mol. The number of hydrogen-bond acceptors (Lipinski definition) is 2. The third-order valence-electron chi connectivity index (χ3n) is 3.05. The van der Waals surface area contributed by atoms with Crippen LogP contribution in [0, 0.1) is 0 Å². The lowest BCUT2D eigenvalue weighted by molar-refractivity contribution is 0.475. The molecule has 1 aromatic heterocycles. The number of hydrogen-bond donors (Lipinski definition) is 2. The average Bonchev–Trinajstić information content (AvgIpc) is 2.84. The Balaban J connectivity index is 2.17. The van der Waals surface area contributed by atoms with Crippen LogP contribution in [0.4, 0.5) is 0 Å². The quantitative estimate of drug-likeness (QED) is 0.756. The van der Waals surface area contributed by atoms with E-state index >= 15 is 0 Å². The van der Waals surface area contributed by atoms with Gasteiger partial charge < -0.3 is 5.11 Å². The lowest BCUT2D eigenvalue weighted by Crippen LogP contribution is -2.07.